The number of pyridine rings is 1. The summed E-state index contributed by atoms with van der Waals surface area (Å²) in [6.07, 6.45) is 2.14. The summed E-state index contributed by atoms with van der Waals surface area (Å²) in [6, 6.07) is 1.69. The number of aromatic nitrogens is 1. The minimum absolute atomic E-state index is 0.158. The van der Waals surface area contributed by atoms with Crippen LogP contribution in [0.2, 0.25) is 0 Å². The van der Waals surface area contributed by atoms with Crippen LogP contribution in [0.15, 0.2) is 17.8 Å². The molecule has 0 saturated heterocycles. The van der Waals surface area contributed by atoms with Crippen LogP contribution in [0.5, 0.6) is 17.4 Å². The molecular formula is C20H30N2O5. The molecule has 1 aromatic heterocycles. The molecule has 7 nitrogen and oxygen atoms in total. The lowest BCUT2D eigenvalue weighted by Gasteiger charge is -2.36. The molecule has 1 unspecified atom stereocenters. The third-order valence-corrected chi connectivity index (χ3v) is 4.05. The molecule has 0 amide bonds. The maximum atomic E-state index is 13.1. The Morgan fingerprint density at radius 3 is 2.52 bits per heavy atom. The lowest BCUT2D eigenvalue weighted by molar-refractivity contribution is 0.0773. The summed E-state index contributed by atoms with van der Waals surface area (Å²) >= 11 is 0. The fourth-order valence-corrected chi connectivity index (χ4v) is 2.84. The van der Waals surface area contributed by atoms with Crippen molar-refractivity contribution in [1.82, 2.24) is 9.88 Å². The molecule has 0 saturated carbocycles. The number of hydrogen-bond donors (Lipinski definition) is 0. The van der Waals surface area contributed by atoms with Gasteiger partial charge in [-0.1, -0.05) is 20.8 Å². The molecule has 0 aliphatic carbocycles. The van der Waals surface area contributed by atoms with E-state index in [0.717, 1.165) is 6.42 Å². The number of rotatable bonds is 7. The normalized spacial score (nSPS) is 18.1. The number of carbonyl (C=O) groups is 1. The van der Waals surface area contributed by atoms with Crippen molar-refractivity contribution in [2.75, 3.05) is 41.5 Å². The topological polar surface area (TPSA) is 70.1 Å². The monoisotopic (exact) mass is 378 g/mol. The van der Waals surface area contributed by atoms with E-state index in [1.807, 2.05) is 39.8 Å². The summed E-state index contributed by atoms with van der Waals surface area (Å²) in [5.41, 5.74) is 0.544. The van der Waals surface area contributed by atoms with Crippen molar-refractivity contribution in [2.45, 2.75) is 33.3 Å². The van der Waals surface area contributed by atoms with Gasteiger partial charge in [-0.2, -0.15) is 0 Å². The van der Waals surface area contributed by atoms with E-state index in [0.29, 0.717) is 30.3 Å². The molecule has 2 rings (SSSR count). The molecule has 0 bridgehead atoms. The maximum Gasteiger partial charge on any atom is 0.257 e. The lowest BCUT2D eigenvalue weighted by Crippen LogP contribution is -2.41. The van der Waals surface area contributed by atoms with E-state index in [1.54, 1.807) is 19.4 Å². The maximum absolute atomic E-state index is 13.1. The number of carbonyl (C=O) groups excluding carboxylic acids is 1. The fourth-order valence-electron chi connectivity index (χ4n) is 2.84. The molecule has 150 valence electrons. The summed E-state index contributed by atoms with van der Waals surface area (Å²) in [5, 5.41) is 0. The summed E-state index contributed by atoms with van der Waals surface area (Å²) in [7, 11) is 6.90. The number of hydrogen-bond acceptors (Lipinski definition) is 7. The van der Waals surface area contributed by atoms with E-state index in [2.05, 4.69) is 4.98 Å². The van der Waals surface area contributed by atoms with Crippen molar-refractivity contribution < 1.29 is 23.7 Å². The van der Waals surface area contributed by atoms with Gasteiger partial charge < -0.3 is 23.8 Å². The van der Waals surface area contributed by atoms with Crippen LogP contribution in [0.3, 0.4) is 0 Å². The van der Waals surface area contributed by atoms with E-state index >= 15 is 0 Å². The van der Waals surface area contributed by atoms with Crippen molar-refractivity contribution in [3.8, 4) is 17.4 Å². The fraction of sp³-hybridized carbons (Fsp3) is 0.600. The van der Waals surface area contributed by atoms with Gasteiger partial charge in [0.1, 0.15) is 6.10 Å². The zero-order valence-corrected chi connectivity index (χ0v) is 17.3. The van der Waals surface area contributed by atoms with Gasteiger partial charge in [-0.3, -0.25) is 4.79 Å². The van der Waals surface area contributed by atoms with Crippen molar-refractivity contribution in [1.29, 1.82) is 0 Å². The number of ether oxygens (including phenoxy) is 4. The Kier molecular flexibility index (Phi) is 6.70. The molecule has 7 heteroatoms. The van der Waals surface area contributed by atoms with Crippen LogP contribution in [0.25, 0.3) is 0 Å². The Morgan fingerprint density at radius 2 is 1.96 bits per heavy atom. The van der Waals surface area contributed by atoms with E-state index in [9.17, 15) is 4.79 Å². The first kappa shape index (κ1) is 21.0. The highest BCUT2D eigenvalue weighted by atomic mass is 16.5. The predicted molar refractivity (Wildman–Crippen MR) is 103 cm³/mol. The molecule has 0 aromatic carbocycles. The highest BCUT2D eigenvalue weighted by Gasteiger charge is 2.41. The molecule has 1 aliphatic heterocycles. The predicted octanol–water partition coefficient (Wildman–Crippen LogP) is 2.94. The lowest BCUT2D eigenvalue weighted by atomic mass is 9.81. The first-order valence-corrected chi connectivity index (χ1v) is 8.99. The highest BCUT2D eigenvalue weighted by molar-refractivity contribution is 6.11. The van der Waals surface area contributed by atoms with Crippen molar-refractivity contribution in [3.05, 3.63) is 23.5 Å². The first-order chi connectivity index (χ1) is 12.7. The summed E-state index contributed by atoms with van der Waals surface area (Å²) in [4.78, 5) is 19.3. The van der Waals surface area contributed by atoms with Gasteiger partial charge in [0, 0.05) is 51.9 Å². The third kappa shape index (κ3) is 4.91. The number of ketones is 1. The standard InChI is InChI=1S/C20H30N2O5/c1-20(2,3)18-13(12-22(4)5)17(23)16-14(27-18)11-15(19(21-16)25-7)26-10-8-9-24-6/h11-12,18H,8-10H2,1-7H3. The molecule has 1 aliphatic rings. The van der Waals surface area contributed by atoms with Crippen LogP contribution in [-0.2, 0) is 4.74 Å². The molecule has 0 fully saturated rings. The Balaban J connectivity index is 2.43. The zero-order valence-electron chi connectivity index (χ0n) is 17.3. The Morgan fingerprint density at radius 1 is 1.26 bits per heavy atom. The van der Waals surface area contributed by atoms with E-state index in [-0.39, 0.29) is 22.8 Å². The van der Waals surface area contributed by atoms with Crippen molar-refractivity contribution in [3.63, 3.8) is 0 Å². The number of fused-ring (bicyclic) bond motifs is 1. The van der Waals surface area contributed by atoms with Gasteiger partial charge in [-0.25, -0.2) is 4.98 Å². The van der Waals surface area contributed by atoms with Crippen molar-refractivity contribution in [2.24, 2.45) is 5.41 Å². The van der Waals surface area contributed by atoms with Gasteiger partial charge in [0.25, 0.3) is 5.88 Å². The van der Waals surface area contributed by atoms with Gasteiger partial charge in [0.05, 0.1) is 19.3 Å². The molecule has 0 N–H and O–H groups in total. The SMILES string of the molecule is COCCCOc1cc2c(nc1OC)C(=O)C(=CN(C)C)C(C(C)(C)C)O2. The smallest absolute Gasteiger partial charge is 0.257 e. The highest BCUT2D eigenvalue weighted by Crippen LogP contribution is 2.41. The van der Waals surface area contributed by atoms with Crippen LogP contribution < -0.4 is 14.2 Å². The van der Waals surface area contributed by atoms with Gasteiger partial charge in [0.2, 0.25) is 5.78 Å². The van der Waals surface area contributed by atoms with Gasteiger partial charge in [-0.05, 0) is 0 Å². The number of Topliss-reactive ketones (excluding diaryl/α,β-unsaturated/α-hetero) is 1. The number of methoxy groups -OCH3 is 2. The van der Waals surface area contributed by atoms with Gasteiger partial charge in [0.15, 0.2) is 17.2 Å². The van der Waals surface area contributed by atoms with Gasteiger partial charge in [-0.15, -0.1) is 0 Å². The second-order valence-corrected chi connectivity index (χ2v) is 7.78. The van der Waals surface area contributed by atoms with Crippen LogP contribution in [0.4, 0.5) is 0 Å². The quantitative estimate of drug-likeness (QED) is 0.534. The first-order valence-electron chi connectivity index (χ1n) is 8.99. The van der Waals surface area contributed by atoms with Crippen LogP contribution in [-0.4, -0.2) is 63.3 Å². The molecule has 0 spiro atoms. The average Bonchev–Trinajstić information content (AvgIpc) is 2.59. The average molecular weight is 378 g/mol. The second-order valence-electron chi connectivity index (χ2n) is 7.78. The molecule has 2 heterocycles. The third-order valence-electron chi connectivity index (χ3n) is 4.05. The Bertz CT molecular complexity index is 707. The minimum atomic E-state index is -0.392. The largest absolute Gasteiger partial charge is 0.488 e. The molecule has 0 radical (unpaired) electrons. The summed E-state index contributed by atoms with van der Waals surface area (Å²) in [6.45, 7) is 7.17. The summed E-state index contributed by atoms with van der Waals surface area (Å²) < 4.78 is 22.3. The molecule has 1 atom stereocenters. The number of nitrogens with zero attached hydrogens (tertiary/aromatic N) is 2. The van der Waals surface area contributed by atoms with Crippen LogP contribution in [0, 0.1) is 5.41 Å². The van der Waals surface area contributed by atoms with E-state index in [1.165, 1.54) is 7.11 Å². The second kappa shape index (κ2) is 8.61. The van der Waals surface area contributed by atoms with Crippen LogP contribution in [0.1, 0.15) is 37.7 Å². The molecular weight excluding hydrogens is 348 g/mol. The van der Waals surface area contributed by atoms with E-state index < -0.39 is 6.10 Å². The minimum Gasteiger partial charge on any atom is -0.488 e. The Hall–Kier alpha value is -2.28. The van der Waals surface area contributed by atoms with Crippen LogP contribution >= 0.6 is 0 Å². The van der Waals surface area contributed by atoms with Crippen molar-refractivity contribution >= 4 is 5.78 Å². The van der Waals surface area contributed by atoms with E-state index in [4.69, 9.17) is 18.9 Å². The molecule has 27 heavy (non-hydrogen) atoms. The summed E-state index contributed by atoms with van der Waals surface area (Å²) in [5.74, 6) is 0.974. The zero-order chi connectivity index (χ0) is 20.2. The molecule has 1 aromatic rings. The van der Waals surface area contributed by atoms with Gasteiger partial charge >= 0.3 is 0 Å². The Labute approximate surface area is 161 Å².